The van der Waals surface area contributed by atoms with Crippen LogP contribution < -0.4 is 0 Å². The zero-order chi connectivity index (χ0) is 14.6. The number of carbonyl (C=O) groups is 1. The van der Waals surface area contributed by atoms with Crippen LogP contribution in [0.2, 0.25) is 0 Å². The fourth-order valence-electron chi connectivity index (χ4n) is 0.911. The van der Waals surface area contributed by atoms with Gasteiger partial charge in [-0.05, 0) is 23.4 Å². The van der Waals surface area contributed by atoms with Gasteiger partial charge < -0.3 is 0 Å². The lowest BCUT2D eigenvalue weighted by atomic mass is 10.9. The molecule has 0 rings (SSSR count). The summed E-state index contributed by atoms with van der Waals surface area (Å²) in [5.41, 5.74) is 0. The van der Waals surface area contributed by atoms with E-state index in [0.717, 1.165) is 22.8 Å². The molecule has 0 fully saturated rings. The summed E-state index contributed by atoms with van der Waals surface area (Å²) in [6.07, 6.45) is 3.11. The molecule has 11 heteroatoms. The minimum atomic E-state index is -4.06. The minimum Gasteiger partial charge on any atom is -0.270 e. The van der Waals surface area contributed by atoms with Crippen LogP contribution in [0.1, 0.15) is 6.92 Å². The average Bonchev–Trinajstić information content (AvgIpc) is 2.19. The first kappa shape index (κ1) is 17.6. The van der Waals surface area contributed by atoms with Crippen LogP contribution in [-0.4, -0.2) is 62.9 Å². The number of hydrogen-bond donors (Lipinski definition) is 0. The number of carbonyl (C=O) groups excluding carboxylic acids is 1. The molecule has 0 aliphatic heterocycles. The Labute approximate surface area is 111 Å². The van der Waals surface area contributed by atoms with E-state index in [9.17, 15) is 21.6 Å². The highest BCUT2D eigenvalue weighted by molar-refractivity contribution is 8.05. The average molecular weight is 320 g/mol. The summed E-state index contributed by atoms with van der Waals surface area (Å²) >= 11 is 0.875. The molecule has 0 N–H and O–H groups in total. The molecule has 0 bridgehead atoms. The van der Waals surface area contributed by atoms with E-state index < -0.39 is 30.8 Å². The molecule has 0 spiro atoms. The molecule has 108 valence electrons. The van der Waals surface area contributed by atoms with Gasteiger partial charge in [0.1, 0.15) is 5.88 Å². The van der Waals surface area contributed by atoms with Gasteiger partial charge >= 0.3 is 5.24 Å². The van der Waals surface area contributed by atoms with Gasteiger partial charge in [0.15, 0.2) is 9.84 Å². The number of nitrogens with zero attached hydrogens (tertiary/aromatic N) is 2. The van der Waals surface area contributed by atoms with E-state index in [1.807, 2.05) is 0 Å². The first-order valence-corrected chi connectivity index (χ1v) is 9.82. The normalized spacial score (nSPS) is 12.7. The second-order valence-corrected chi connectivity index (χ2v) is 8.01. The molecule has 0 aromatic carbocycles. The van der Waals surface area contributed by atoms with Crippen molar-refractivity contribution in [2.24, 2.45) is 0 Å². The van der Waals surface area contributed by atoms with E-state index in [1.165, 1.54) is 6.26 Å². The summed E-state index contributed by atoms with van der Waals surface area (Å²) in [7, 11) is -7.66. The third kappa shape index (κ3) is 6.00. The first-order valence-electron chi connectivity index (χ1n) is 4.69. The standard InChI is InChI=1S/C7H16N2O6S3/c1-5-15-9(16-2)8(6-17(3,11)12)7(10)18(4,13)14/h5-6H2,1-4H3. The number of sulfone groups is 2. The van der Waals surface area contributed by atoms with Crippen LogP contribution in [-0.2, 0) is 24.5 Å². The third-order valence-electron chi connectivity index (χ3n) is 1.48. The maximum atomic E-state index is 11.7. The Hall–Kier alpha value is -0.360. The lowest BCUT2D eigenvalue weighted by Crippen LogP contribution is -2.47. The van der Waals surface area contributed by atoms with Crippen molar-refractivity contribution in [3.05, 3.63) is 0 Å². The SMILES string of the molecule is CCON(SC)N(CS(C)(=O)=O)C(=O)S(C)(=O)=O. The van der Waals surface area contributed by atoms with E-state index >= 15 is 0 Å². The largest absolute Gasteiger partial charge is 0.356 e. The maximum absolute atomic E-state index is 11.7. The van der Waals surface area contributed by atoms with Gasteiger partial charge in [-0.1, -0.05) is 0 Å². The Morgan fingerprint density at radius 1 is 1.22 bits per heavy atom. The molecule has 0 saturated heterocycles. The zero-order valence-corrected chi connectivity index (χ0v) is 12.9. The molecule has 0 aromatic heterocycles. The highest BCUT2D eigenvalue weighted by Crippen LogP contribution is 2.15. The number of hydrogen-bond acceptors (Lipinski definition) is 8. The molecule has 0 aliphatic carbocycles. The van der Waals surface area contributed by atoms with Crippen molar-refractivity contribution in [2.75, 3.05) is 31.3 Å². The molecule has 0 radical (unpaired) electrons. The molecule has 8 nitrogen and oxygen atoms in total. The Morgan fingerprint density at radius 2 is 1.72 bits per heavy atom. The van der Waals surface area contributed by atoms with Crippen LogP contribution in [0, 0.1) is 0 Å². The fourth-order valence-corrected chi connectivity index (χ4v) is 2.85. The predicted octanol–water partition coefficient (Wildman–Crippen LogP) is -0.0984. The summed E-state index contributed by atoms with van der Waals surface area (Å²) in [6, 6.07) is 0. The van der Waals surface area contributed by atoms with E-state index in [2.05, 4.69) is 0 Å². The molecular formula is C7H16N2O6S3. The molecule has 18 heavy (non-hydrogen) atoms. The Balaban J connectivity index is 5.35. The van der Waals surface area contributed by atoms with Gasteiger partial charge in [-0.2, -0.15) is 0 Å². The van der Waals surface area contributed by atoms with Crippen molar-refractivity contribution in [1.29, 1.82) is 0 Å². The van der Waals surface area contributed by atoms with Gasteiger partial charge in [0.05, 0.1) is 6.61 Å². The summed E-state index contributed by atoms with van der Waals surface area (Å²) in [4.78, 5) is 16.6. The summed E-state index contributed by atoms with van der Waals surface area (Å²) in [6.45, 7) is 1.77. The molecule has 0 aromatic rings. The van der Waals surface area contributed by atoms with Crippen LogP contribution in [0.4, 0.5) is 4.79 Å². The Kier molecular flexibility index (Phi) is 6.57. The molecule has 0 atom stereocenters. The molecular weight excluding hydrogens is 304 g/mol. The predicted molar refractivity (Wildman–Crippen MR) is 68.8 cm³/mol. The topological polar surface area (TPSA) is 101 Å². The molecule has 1 amide bonds. The quantitative estimate of drug-likeness (QED) is 0.494. The minimum absolute atomic E-state index is 0.151. The van der Waals surface area contributed by atoms with Gasteiger partial charge in [-0.25, -0.2) is 21.8 Å². The van der Waals surface area contributed by atoms with Gasteiger partial charge in [0.2, 0.25) is 9.84 Å². The zero-order valence-electron chi connectivity index (χ0n) is 10.5. The number of rotatable bonds is 6. The number of hydrazine groups is 1. The Bertz CT molecular complexity index is 485. The highest BCUT2D eigenvalue weighted by Gasteiger charge is 2.32. The second-order valence-electron chi connectivity index (χ2n) is 3.33. The van der Waals surface area contributed by atoms with Crippen molar-refractivity contribution in [1.82, 2.24) is 9.59 Å². The van der Waals surface area contributed by atoms with Crippen molar-refractivity contribution >= 4 is 36.9 Å². The van der Waals surface area contributed by atoms with Crippen molar-refractivity contribution < 1.29 is 26.5 Å². The van der Waals surface area contributed by atoms with Crippen LogP contribution >= 0.6 is 11.9 Å². The van der Waals surface area contributed by atoms with Gasteiger partial charge in [-0.3, -0.25) is 9.63 Å². The smallest absolute Gasteiger partial charge is 0.270 e. The first-order chi connectivity index (χ1) is 8.03. The van der Waals surface area contributed by atoms with E-state index in [1.54, 1.807) is 6.92 Å². The fraction of sp³-hybridized carbons (Fsp3) is 0.857. The molecule has 0 heterocycles. The summed E-state index contributed by atoms with van der Waals surface area (Å²) < 4.78 is 45.7. The van der Waals surface area contributed by atoms with Crippen LogP contribution in [0.3, 0.4) is 0 Å². The van der Waals surface area contributed by atoms with Crippen molar-refractivity contribution in [2.45, 2.75) is 6.92 Å². The lowest BCUT2D eigenvalue weighted by molar-refractivity contribution is -0.168. The van der Waals surface area contributed by atoms with Gasteiger partial charge in [0.25, 0.3) is 0 Å². The van der Waals surface area contributed by atoms with Crippen LogP contribution in [0.15, 0.2) is 0 Å². The lowest BCUT2D eigenvalue weighted by Gasteiger charge is -2.29. The monoisotopic (exact) mass is 320 g/mol. The van der Waals surface area contributed by atoms with Gasteiger partial charge in [-0.15, -0.1) is 0 Å². The van der Waals surface area contributed by atoms with E-state index in [0.29, 0.717) is 11.3 Å². The second kappa shape index (κ2) is 6.70. The highest BCUT2D eigenvalue weighted by atomic mass is 32.2. The summed E-state index contributed by atoms with van der Waals surface area (Å²) in [5, 5.41) is -0.811. The maximum Gasteiger partial charge on any atom is 0.356 e. The van der Waals surface area contributed by atoms with Crippen LogP contribution in [0.5, 0.6) is 0 Å². The summed E-state index contributed by atoms with van der Waals surface area (Å²) in [5.74, 6) is -0.778. The van der Waals surface area contributed by atoms with Crippen molar-refractivity contribution in [3.8, 4) is 0 Å². The van der Waals surface area contributed by atoms with E-state index in [4.69, 9.17) is 4.84 Å². The number of amides is 1. The molecule has 0 unspecified atom stereocenters. The van der Waals surface area contributed by atoms with E-state index in [-0.39, 0.29) is 6.61 Å². The Morgan fingerprint density at radius 3 is 2.00 bits per heavy atom. The van der Waals surface area contributed by atoms with Crippen molar-refractivity contribution in [3.63, 3.8) is 0 Å². The van der Waals surface area contributed by atoms with Crippen LogP contribution in [0.25, 0.3) is 0 Å². The molecule has 0 saturated carbocycles. The van der Waals surface area contributed by atoms with Gasteiger partial charge in [0, 0.05) is 18.8 Å². The molecule has 0 aliphatic rings. The third-order valence-corrected chi connectivity index (χ3v) is 3.65.